The van der Waals surface area contributed by atoms with Crippen LogP contribution in [0.1, 0.15) is 31.2 Å². The number of nitrogens with one attached hydrogen (secondary N) is 1. The summed E-state index contributed by atoms with van der Waals surface area (Å²) in [6, 6.07) is 11.0. The molecule has 1 atom stereocenters. The Morgan fingerprint density at radius 1 is 1.29 bits per heavy atom. The van der Waals surface area contributed by atoms with Gasteiger partial charge in [-0.25, -0.2) is 0 Å². The molecular formula is C18H24N2O. The van der Waals surface area contributed by atoms with Gasteiger partial charge in [0.15, 0.2) is 0 Å². The third kappa shape index (κ3) is 2.94. The van der Waals surface area contributed by atoms with Gasteiger partial charge < -0.3 is 10.1 Å². The molecule has 0 radical (unpaired) electrons. The molecule has 1 aliphatic rings. The van der Waals surface area contributed by atoms with Crippen molar-refractivity contribution in [1.29, 1.82) is 0 Å². The second kappa shape index (κ2) is 6.12. The lowest BCUT2D eigenvalue weighted by atomic mass is 9.75. The molecule has 1 heterocycles. The van der Waals surface area contributed by atoms with E-state index in [-0.39, 0.29) is 5.60 Å². The highest BCUT2D eigenvalue weighted by molar-refractivity contribution is 5.81. The SMILES string of the molecule is CNC(Cc1ccnc2ccccc12)CC1(OC)CCC1. The number of hydrogen-bond donors (Lipinski definition) is 1. The van der Waals surface area contributed by atoms with Crippen LogP contribution in [0.2, 0.25) is 0 Å². The van der Waals surface area contributed by atoms with Crippen molar-refractivity contribution in [1.82, 2.24) is 10.3 Å². The van der Waals surface area contributed by atoms with Crippen molar-refractivity contribution in [3.8, 4) is 0 Å². The molecule has 1 aromatic carbocycles. The normalized spacial score (nSPS) is 18.4. The van der Waals surface area contributed by atoms with Crippen LogP contribution in [0.4, 0.5) is 0 Å². The first-order chi connectivity index (χ1) is 10.3. The summed E-state index contributed by atoms with van der Waals surface area (Å²) in [6.07, 6.45) is 7.70. The predicted molar refractivity (Wildman–Crippen MR) is 86.5 cm³/mol. The summed E-state index contributed by atoms with van der Waals surface area (Å²) < 4.78 is 5.78. The highest BCUT2D eigenvalue weighted by Crippen LogP contribution is 2.39. The number of ether oxygens (including phenoxy) is 1. The summed E-state index contributed by atoms with van der Waals surface area (Å²) in [6.45, 7) is 0. The summed E-state index contributed by atoms with van der Waals surface area (Å²) in [7, 11) is 3.91. The summed E-state index contributed by atoms with van der Waals surface area (Å²) in [5.74, 6) is 0. The van der Waals surface area contributed by atoms with E-state index in [0.717, 1.165) is 18.4 Å². The van der Waals surface area contributed by atoms with Gasteiger partial charge in [-0.05, 0) is 56.8 Å². The van der Waals surface area contributed by atoms with Gasteiger partial charge in [0, 0.05) is 24.7 Å². The molecule has 3 rings (SSSR count). The maximum Gasteiger partial charge on any atom is 0.0704 e. The van der Waals surface area contributed by atoms with Crippen LogP contribution in [-0.2, 0) is 11.2 Å². The molecule has 0 bridgehead atoms. The number of nitrogens with zero attached hydrogens (tertiary/aromatic N) is 1. The Hall–Kier alpha value is -1.45. The molecule has 21 heavy (non-hydrogen) atoms. The Labute approximate surface area is 126 Å². The van der Waals surface area contributed by atoms with Crippen LogP contribution in [0.15, 0.2) is 36.5 Å². The van der Waals surface area contributed by atoms with E-state index in [1.165, 1.54) is 30.2 Å². The number of methoxy groups -OCH3 is 1. The molecule has 1 unspecified atom stereocenters. The maximum absolute atomic E-state index is 5.78. The number of fused-ring (bicyclic) bond motifs is 1. The molecule has 1 saturated carbocycles. The summed E-state index contributed by atoms with van der Waals surface area (Å²) in [5, 5.41) is 4.74. The highest BCUT2D eigenvalue weighted by atomic mass is 16.5. The Balaban J connectivity index is 1.79. The number of aromatic nitrogens is 1. The topological polar surface area (TPSA) is 34.2 Å². The summed E-state index contributed by atoms with van der Waals surface area (Å²) in [4.78, 5) is 4.45. The van der Waals surface area contributed by atoms with Crippen LogP contribution in [0.3, 0.4) is 0 Å². The third-order valence-electron chi connectivity index (χ3n) is 4.93. The van der Waals surface area contributed by atoms with Crippen LogP contribution < -0.4 is 5.32 Å². The first kappa shape index (κ1) is 14.5. The van der Waals surface area contributed by atoms with Gasteiger partial charge in [0.25, 0.3) is 0 Å². The van der Waals surface area contributed by atoms with E-state index in [9.17, 15) is 0 Å². The third-order valence-corrected chi connectivity index (χ3v) is 4.93. The van der Waals surface area contributed by atoms with E-state index in [1.54, 1.807) is 0 Å². The van der Waals surface area contributed by atoms with Crippen LogP contribution in [0, 0.1) is 0 Å². The molecule has 2 aromatic rings. The molecule has 0 aliphatic heterocycles. The van der Waals surface area contributed by atoms with E-state index in [4.69, 9.17) is 4.74 Å². The lowest BCUT2D eigenvalue weighted by Crippen LogP contribution is -2.45. The van der Waals surface area contributed by atoms with E-state index in [1.807, 2.05) is 19.4 Å². The van der Waals surface area contributed by atoms with E-state index < -0.39 is 0 Å². The van der Waals surface area contributed by atoms with Gasteiger partial charge in [0.2, 0.25) is 0 Å². The standard InChI is InChI=1S/C18H24N2O/c1-19-15(13-18(21-2)9-5-10-18)12-14-8-11-20-17-7-4-3-6-16(14)17/h3-4,6-8,11,15,19H,5,9-10,12-13H2,1-2H3. The molecular weight excluding hydrogens is 260 g/mol. The number of likely N-dealkylation sites (N-methyl/N-ethyl adjacent to an activating group) is 1. The van der Waals surface area contributed by atoms with Crippen LogP contribution in [-0.4, -0.2) is 30.8 Å². The zero-order chi connectivity index (χ0) is 14.7. The minimum atomic E-state index is 0.108. The minimum Gasteiger partial charge on any atom is -0.378 e. The van der Waals surface area contributed by atoms with E-state index >= 15 is 0 Å². The largest absolute Gasteiger partial charge is 0.378 e. The molecule has 1 aliphatic carbocycles. The van der Waals surface area contributed by atoms with E-state index in [2.05, 4.69) is 41.6 Å². The monoisotopic (exact) mass is 284 g/mol. The van der Waals surface area contributed by atoms with E-state index in [0.29, 0.717) is 6.04 Å². The second-order valence-corrected chi connectivity index (χ2v) is 6.12. The van der Waals surface area contributed by atoms with Gasteiger partial charge in [-0.2, -0.15) is 0 Å². The number of rotatable bonds is 6. The average Bonchev–Trinajstić information content (AvgIpc) is 2.50. The minimum absolute atomic E-state index is 0.108. The molecule has 0 amide bonds. The Morgan fingerprint density at radius 3 is 2.76 bits per heavy atom. The molecule has 1 aromatic heterocycles. The molecule has 3 heteroatoms. The van der Waals surface area contributed by atoms with Crippen molar-refractivity contribution in [2.75, 3.05) is 14.2 Å². The summed E-state index contributed by atoms with van der Waals surface area (Å²) in [5.41, 5.74) is 2.55. The van der Waals surface area contributed by atoms with Crippen LogP contribution in [0.5, 0.6) is 0 Å². The first-order valence-electron chi connectivity index (χ1n) is 7.81. The Morgan fingerprint density at radius 2 is 2.10 bits per heavy atom. The van der Waals surface area contributed by atoms with Gasteiger partial charge in [-0.1, -0.05) is 18.2 Å². The second-order valence-electron chi connectivity index (χ2n) is 6.12. The van der Waals surface area contributed by atoms with Crippen molar-refractivity contribution in [3.05, 3.63) is 42.1 Å². The zero-order valence-electron chi connectivity index (χ0n) is 12.9. The maximum atomic E-state index is 5.78. The molecule has 1 N–H and O–H groups in total. The zero-order valence-corrected chi connectivity index (χ0v) is 12.9. The average molecular weight is 284 g/mol. The lowest BCUT2D eigenvalue weighted by Gasteiger charge is -2.43. The Kier molecular flexibility index (Phi) is 4.22. The van der Waals surface area contributed by atoms with Crippen molar-refractivity contribution in [2.45, 2.75) is 43.7 Å². The fourth-order valence-corrected chi connectivity index (χ4v) is 3.39. The molecule has 0 spiro atoms. The molecule has 0 saturated heterocycles. The molecule has 112 valence electrons. The fraction of sp³-hybridized carbons (Fsp3) is 0.500. The van der Waals surface area contributed by atoms with Crippen LogP contribution in [0.25, 0.3) is 10.9 Å². The Bertz CT molecular complexity index is 596. The number of benzene rings is 1. The number of para-hydroxylation sites is 1. The predicted octanol–water partition coefficient (Wildman–Crippen LogP) is 3.32. The summed E-state index contributed by atoms with van der Waals surface area (Å²) >= 11 is 0. The number of pyridine rings is 1. The first-order valence-corrected chi connectivity index (χ1v) is 7.81. The molecule has 3 nitrogen and oxygen atoms in total. The van der Waals surface area contributed by atoms with Gasteiger partial charge >= 0.3 is 0 Å². The number of hydrogen-bond acceptors (Lipinski definition) is 3. The lowest BCUT2D eigenvalue weighted by molar-refractivity contribution is -0.0830. The van der Waals surface area contributed by atoms with Crippen molar-refractivity contribution in [2.24, 2.45) is 0 Å². The van der Waals surface area contributed by atoms with Crippen LogP contribution >= 0.6 is 0 Å². The van der Waals surface area contributed by atoms with Crippen molar-refractivity contribution in [3.63, 3.8) is 0 Å². The fourth-order valence-electron chi connectivity index (χ4n) is 3.39. The quantitative estimate of drug-likeness (QED) is 0.883. The van der Waals surface area contributed by atoms with Gasteiger partial charge in [-0.15, -0.1) is 0 Å². The smallest absolute Gasteiger partial charge is 0.0704 e. The highest BCUT2D eigenvalue weighted by Gasteiger charge is 2.38. The van der Waals surface area contributed by atoms with Gasteiger partial charge in [0.1, 0.15) is 0 Å². The van der Waals surface area contributed by atoms with Gasteiger partial charge in [0.05, 0.1) is 11.1 Å². The molecule has 1 fully saturated rings. The van der Waals surface area contributed by atoms with Gasteiger partial charge in [-0.3, -0.25) is 4.98 Å². The van der Waals surface area contributed by atoms with Crippen molar-refractivity contribution < 1.29 is 4.74 Å². The van der Waals surface area contributed by atoms with Crippen molar-refractivity contribution >= 4 is 10.9 Å².